The van der Waals surface area contributed by atoms with E-state index in [4.69, 9.17) is 5.73 Å². The van der Waals surface area contributed by atoms with Crippen LogP contribution in [0.3, 0.4) is 0 Å². The second kappa shape index (κ2) is 3.12. The van der Waals surface area contributed by atoms with E-state index < -0.39 is 0 Å². The molecule has 0 saturated heterocycles. The molecular formula is C7H9BrN2. The largest absolute Gasteiger partial charge is 0.323 e. The molecular weight excluding hydrogens is 192 g/mol. The first-order chi connectivity index (χ1) is 4.70. The van der Waals surface area contributed by atoms with Crippen molar-refractivity contribution in [3.05, 3.63) is 28.5 Å². The van der Waals surface area contributed by atoms with Crippen molar-refractivity contribution in [2.75, 3.05) is 0 Å². The van der Waals surface area contributed by atoms with Crippen LogP contribution in [0, 0.1) is 0 Å². The summed E-state index contributed by atoms with van der Waals surface area (Å²) >= 11 is 3.29. The molecule has 1 rings (SSSR count). The lowest BCUT2D eigenvalue weighted by atomic mass is 10.2. The van der Waals surface area contributed by atoms with Gasteiger partial charge in [0, 0.05) is 16.7 Å². The van der Waals surface area contributed by atoms with Crippen molar-refractivity contribution < 1.29 is 0 Å². The number of hydrogen-bond donors (Lipinski definition) is 1. The molecule has 0 fully saturated rings. The van der Waals surface area contributed by atoms with Crippen molar-refractivity contribution in [2.24, 2.45) is 5.73 Å². The molecule has 0 aliphatic carbocycles. The van der Waals surface area contributed by atoms with E-state index in [0.29, 0.717) is 0 Å². The van der Waals surface area contributed by atoms with Crippen molar-refractivity contribution in [3.8, 4) is 0 Å². The van der Waals surface area contributed by atoms with Crippen LogP contribution < -0.4 is 5.73 Å². The summed E-state index contributed by atoms with van der Waals surface area (Å²) in [6.45, 7) is 1.91. The average molecular weight is 201 g/mol. The van der Waals surface area contributed by atoms with Gasteiger partial charge in [0.15, 0.2) is 0 Å². The standard InChI is InChI=1S/C7H9BrN2/c1-5(9)7-3-2-6(8)4-10-7/h2-5H,9H2,1H3/t5-/m0/s1. The molecule has 1 heterocycles. The van der Waals surface area contributed by atoms with Crippen molar-refractivity contribution in [2.45, 2.75) is 13.0 Å². The highest BCUT2D eigenvalue weighted by atomic mass is 79.9. The molecule has 0 saturated carbocycles. The summed E-state index contributed by atoms with van der Waals surface area (Å²) in [5.74, 6) is 0. The summed E-state index contributed by atoms with van der Waals surface area (Å²) in [6, 6.07) is 3.87. The Hall–Kier alpha value is -0.410. The van der Waals surface area contributed by atoms with Gasteiger partial charge in [-0.1, -0.05) is 0 Å². The van der Waals surface area contributed by atoms with Gasteiger partial charge < -0.3 is 5.73 Å². The maximum absolute atomic E-state index is 5.59. The van der Waals surface area contributed by atoms with Crippen LogP contribution in [0.5, 0.6) is 0 Å². The van der Waals surface area contributed by atoms with Gasteiger partial charge in [0.05, 0.1) is 5.69 Å². The Morgan fingerprint density at radius 1 is 1.60 bits per heavy atom. The van der Waals surface area contributed by atoms with Crippen LogP contribution in [-0.2, 0) is 0 Å². The number of rotatable bonds is 1. The summed E-state index contributed by atoms with van der Waals surface area (Å²) in [6.07, 6.45) is 1.75. The van der Waals surface area contributed by atoms with Crippen LogP contribution >= 0.6 is 15.9 Å². The van der Waals surface area contributed by atoms with Gasteiger partial charge in [0.2, 0.25) is 0 Å². The van der Waals surface area contributed by atoms with Crippen LogP contribution in [0.15, 0.2) is 22.8 Å². The predicted molar refractivity (Wildman–Crippen MR) is 44.5 cm³/mol. The van der Waals surface area contributed by atoms with Gasteiger partial charge in [0.1, 0.15) is 0 Å². The Labute approximate surface area is 68.6 Å². The summed E-state index contributed by atoms with van der Waals surface area (Å²) in [4.78, 5) is 4.11. The fourth-order valence-electron chi connectivity index (χ4n) is 0.657. The Balaban J connectivity index is 2.89. The number of hydrogen-bond acceptors (Lipinski definition) is 2. The minimum atomic E-state index is 0.0214. The molecule has 2 N–H and O–H groups in total. The van der Waals surface area contributed by atoms with Gasteiger partial charge in [-0.15, -0.1) is 0 Å². The molecule has 1 aromatic heterocycles. The monoisotopic (exact) mass is 200 g/mol. The van der Waals surface area contributed by atoms with E-state index in [2.05, 4.69) is 20.9 Å². The maximum Gasteiger partial charge on any atom is 0.0569 e. The molecule has 0 unspecified atom stereocenters. The predicted octanol–water partition coefficient (Wildman–Crippen LogP) is 1.86. The lowest BCUT2D eigenvalue weighted by Crippen LogP contribution is -2.06. The Morgan fingerprint density at radius 2 is 2.30 bits per heavy atom. The molecule has 0 aliphatic heterocycles. The molecule has 2 nitrogen and oxygen atoms in total. The van der Waals surface area contributed by atoms with Gasteiger partial charge in [-0.2, -0.15) is 0 Å². The van der Waals surface area contributed by atoms with E-state index >= 15 is 0 Å². The number of aromatic nitrogens is 1. The topological polar surface area (TPSA) is 38.9 Å². The molecule has 0 aliphatic rings. The molecule has 10 heavy (non-hydrogen) atoms. The van der Waals surface area contributed by atoms with Crippen LogP contribution in [0.25, 0.3) is 0 Å². The second-order valence-corrected chi connectivity index (χ2v) is 3.11. The molecule has 0 bridgehead atoms. The number of nitrogens with zero attached hydrogens (tertiary/aromatic N) is 1. The average Bonchev–Trinajstić information content (AvgIpc) is 1.88. The van der Waals surface area contributed by atoms with E-state index in [-0.39, 0.29) is 6.04 Å². The van der Waals surface area contributed by atoms with E-state index in [0.717, 1.165) is 10.2 Å². The highest BCUT2D eigenvalue weighted by Gasteiger charge is 1.97. The quantitative estimate of drug-likeness (QED) is 0.753. The maximum atomic E-state index is 5.59. The Morgan fingerprint density at radius 3 is 2.70 bits per heavy atom. The van der Waals surface area contributed by atoms with E-state index in [1.54, 1.807) is 6.20 Å². The molecule has 0 amide bonds. The zero-order chi connectivity index (χ0) is 7.56. The number of halogens is 1. The Bertz CT molecular complexity index is 205. The van der Waals surface area contributed by atoms with E-state index in [1.165, 1.54) is 0 Å². The summed E-state index contributed by atoms with van der Waals surface area (Å²) in [5, 5.41) is 0. The van der Waals surface area contributed by atoms with Crippen LogP contribution in [0.2, 0.25) is 0 Å². The van der Waals surface area contributed by atoms with Crippen molar-refractivity contribution in [1.82, 2.24) is 4.98 Å². The molecule has 0 radical (unpaired) electrons. The van der Waals surface area contributed by atoms with Crippen molar-refractivity contribution in [3.63, 3.8) is 0 Å². The Kier molecular flexibility index (Phi) is 2.40. The fourth-order valence-corrected chi connectivity index (χ4v) is 0.891. The second-order valence-electron chi connectivity index (χ2n) is 2.19. The third kappa shape index (κ3) is 1.78. The highest BCUT2D eigenvalue weighted by Crippen LogP contribution is 2.10. The molecule has 0 spiro atoms. The van der Waals surface area contributed by atoms with Crippen molar-refractivity contribution in [1.29, 1.82) is 0 Å². The molecule has 3 heteroatoms. The molecule has 1 atom stereocenters. The smallest absolute Gasteiger partial charge is 0.0569 e. The van der Waals surface area contributed by atoms with Crippen LogP contribution in [0.4, 0.5) is 0 Å². The first-order valence-electron chi connectivity index (χ1n) is 3.07. The zero-order valence-electron chi connectivity index (χ0n) is 5.71. The van der Waals surface area contributed by atoms with Gasteiger partial charge in [-0.3, -0.25) is 4.98 Å². The van der Waals surface area contributed by atoms with Gasteiger partial charge in [0.25, 0.3) is 0 Å². The first-order valence-corrected chi connectivity index (χ1v) is 3.86. The lowest BCUT2D eigenvalue weighted by molar-refractivity contribution is 0.780. The summed E-state index contributed by atoms with van der Waals surface area (Å²) in [5.41, 5.74) is 6.51. The lowest BCUT2D eigenvalue weighted by Gasteiger charge is -2.02. The fraction of sp³-hybridized carbons (Fsp3) is 0.286. The SMILES string of the molecule is C[C@H](N)c1ccc(Br)cn1. The van der Waals surface area contributed by atoms with Crippen LogP contribution in [-0.4, -0.2) is 4.98 Å². The van der Waals surface area contributed by atoms with Gasteiger partial charge in [-0.25, -0.2) is 0 Å². The van der Waals surface area contributed by atoms with E-state index in [9.17, 15) is 0 Å². The third-order valence-electron chi connectivity index (χ3n) is 1.22. The molecule has 54 valence electrons. The number of nitrogens with two attached hydrogens (primary N) is 1. The molecule has 1 aromatic rings. The first kappa shape index (κ1) is 7.69. The normalized spacial score (nSPS) is 13.1. The number of pyridine rings is 1. The minimum absolute atomic E-state index is 0.0214. The third-order valence-corrected chi connectivity index (χ3v) is 1.69. The van der Waals surface area contributed by atoms with E-state index in [1.807, 2.05) is 19.1 Å². The molecule has 0 aromatic carbocycles. The summed E-state index contributed by atoms with van der Waals surface area (Å²) in [7, 11) is 0. The van der Waals surface area contributed by atoms with Crippen LogP contribution in [0.1, 0.15) is 18.7 Å². The van der Waals surface area contributed by atoms with Gasteiger partial charge in [-0.05, 0) is 35.0 Å². The van der Waals surface area contributed by atoms with Gasteiger partial charge >= 0.3 is 0 Å². The highest BCUT2D eigenvalue weighted by molar-refractivity contribution is 9.10. The summed E-state index contributed by atoms with van der Waals surface area (Å²) < 4.78 is 0.983. The van der Waals surface area contributed by atoms with Crippen molar-refractivity contribution >= 4 is 15.9 Å². The minimum Gasteiger partial charge on any atom is -0.323 e. The zero-order valence-corrected chi connectivity index (χ0v) is 7.30.